The van der Waals surface area contributed by atoms with E-state index in [4.69, 9.17) is 10.2 Å². The van der Waals surface area contributed by atoms with E-state index in [-0.39, 0.29) is 5.41 Å². The third kappa shape index (κ3) is 3.83. The number of nitrogens with two attached hydrogens (primary N) is 1. The molecular formula is C16H28N2O. The molecule has 2 rings (SSSR count). The summed E-state index contributed by atoms with van der Waals surface area (Å²) < 4.78 is 5.99. The molecule has 1 aromatic rings. The molecule has 1 fully saturated rings. The van der Waals surface area contributed by atoms with Gasteiger partial charge in [-0.15, -0.1) is 0 Å². The molecule has 1 saturated carbocycles. The van der Waals surface area contributed by atoms with Crippen LogP contribution in [0.4, 0.5) is 0 Å². The molecule has 0 aromatic carbocycles. The van der Waals surface area contributed by atoms with Crippen LogP contribution in [-0.4, -0.2) is 24.5 Å². The topological polar surface area (TPSA) is 42.4 Å². The summed E-state index contributed by atoms with van der Waals surface area (Å²) in [5.74, 6) is 3.74. The molecule has 0 aliphatic heterocycles. The molecule has 2 atom stereocenters. The molecule has 19 heavy (non-hydrogen) atoms. The van der Waals surface area contributed by atoms with Gasteiger partial charge in [0.25, 0.3) is 0 Å². The fourth-order valence-corrected chi connectivity index (χ4v) is 2.57. The predicted molar refractivity (Wildman–Crippen MR) is 79.0 cm³/mol. The van der Waals surface area contributed by atoms with E-state index < -0.39 is 0 Å². The maximum absolute atomic E-state index is 5.99. The van der Waals surface area contributed by atoms with Crippen LogP contribution in [0.3, 0.4) is 0 Å². The van der Waals surface area contributed by atoms with E-state index in [0.717, 1.165) is 31.3 Å². The number of rotatable bonds is 7. The fourth-order valence-electron chi connectivity index (χ4n) is 2.57. The summed E-state index contributed by atoms with van der Waals surface area (Å²) >= 11 is 0. The average Bonchev–Trinajstić information content (AvgIpc) is 2.92. The Hall–Kier alpha value is -0.800. The highest BCUT2D eigenvalue weighted by molar-refractivity contribution is 5.17. The molecule has 108 valence electrons. The van der Waals surface area contributed by atoms with Crippen LogP contribution in [0.5, 0.6) is 0 Å². The highest BCUT2D eigenvalue weighted by Gasteiger charge is 2.36. The smallest absolute Gasteiger partial charge is 0.118 e. The van der Waals surface area contributed by atoms with E-state index in [1.54, 1.807) is 0 Å². The van der Waals surface area contributed by atoms with Gasteiger partial charge in [-0.3, -0.25) is 4.90 Å². The lowest BCUT2D eigenvalue weighted by Gasteiger charge is -2.30. The van der Waals surface area contributed by atoms with Crippen LogP contribution >= 0.6 is 0 Å². The number of hydrogen-bond acceptors (Lipinski definition) is 3. The van der Waals surface area contributed by atoms with E-state index in [9.17, 15) is 0 Å². The van der Waals surface area contributed by atoms with Crippen molar-refractivity contribution >= 4 is 0 Å². The van der Waals surface area contributed by atoms with E-state index in [1.807, 2.05) is 0 Å². The molecule has 1 aliphatic carbocycles. The number of hydrogen-bond donors (Lipinski definition) is 1. The second kappa shape index (κ2) is 5.68. The fraction of sp³-hybridized carbons (Fsp3) is 0.750. The second-order valence-corrected chi connectivity index (χ2v) is 6.80. The van der Waals surface area contributed by atoms with E-state index in [1.165, 1.54) is 12.2 Å². The molecular weight excluding hydrogens is 236 g/mol. The molecule has 3 heteroatoms. The van der Waals surface area contributed by atoms with Gasteiger partial charge in [-0.05, 0) is 43.0 Å². The van der Waals surface area contributed by atoms with Crippen molar-refractivity contribution in [3.63, 3.8) is 0 Å². The molecule has 0 bridgehead atoms. The highest BCUT2D eigenvalue weighted by Crippen LogP contribution is 2.47. The summed E-state index contributed by atoms with van der Waals surface area (Å²) in [6.07, 6.45) is 1.28. The van der Waals surface area contributed by atoms with Crippen LogP contribution in [0.2, 0.25) is 0 Å². The van der Waals surface area contributed by atoms with Gasteiger partial charge in [0.15, 0.2) is 0 Å². The van der Waals surface area contributed by atoms with Crippen molar-refractivity contribution in [3.05, 3.63) is 23.7 Å². The molecule has 0 amide bonds. The molecule has 1 aliphatic rings. The first-order valence-corrected chi connectivity index (χ1v) is 7.46. The predicted octanol–water partition coefficient (Wildman–Crippen LogP) is 3.21. The Kier molecular flexibility index (Phi) is 4.36. The van der Waals surface area contributed by atoms with Crippen LogP contribution in [0.1, 0.15) is 51.6 Å². The van der Waals surface area contributed by atoms with Crippen molar-refractivity contribution in [2.24, 2.45) is 17.1 Å². The highest BCUT2D eigenvalue weighted by atomic mass is 16.3. The lowest BCUT2D eigenvalue weighted by atomic mass is 9.93. The van der Waals surface area contributed by atoms with E-state index >= 15 is 0 Å². The van der Waals surface area contributed by atoms with Gasteiger partial charge in [-0.1, -0.05) is 27.7 Å². The lowest BCUT2D eigenvalue weighted by molar-refractivity contribution is 0.172. The summed E-state index contributed by atoms with van der Waals surface area (Å²) in [7, 11) is 0. The Morgan fingerprint density at radius 2 is 2.11 bits per heavy atom. The Morgan fingerprint density at radius 1 is 1.42 bits per heavy atom. The van der Waals surface area contributed by atoms with Gasteiger partial charge in [0.2, 0.25) is 0 Å². The van der Waals surface area contributed by atoms with Crippen molar-refractivity contribution in [3.8, 4) is 0 Å². The van der Waals surface area contributed by atoms with Gasteiger partial charge < -0.3 is 10.2 Å². The number of furan rings is 1. The summed E-state index contributed by atoms with van der Waals surface area (Å²) in [5.41, 5.74) is 5.98. The zero-order chi connectivity index (χ0) is 14.0. The van der Waals surface area contributed by atoms with Gasteiger partial charge in [-0.2, -0.15) is 0 Å². The first kappa shape index (κ1) is 14.6. The Labute approximate surface area is 117 Å². The van der Waals surface area contributed by atoms with Gasteiger partial charge >= 0.3 is 0 Å². The minimum absolute atomic E-state index is 0.163. The monoisotopic (exact) mass is 264 g/mol. The molecule has 2 unspecified atom stereocenters. The van der Waals surface area contributed by atoms with Gasteiger partial charge in [0, 0.05) is 12.5 Å². The standard InChI is InChI=1S/C16H28N2O/c1-5-18(11-16(3,4)10-17)9-13-6-7-15(19-13)14-8-12(14)2/h6-7,12,14H,5,8-11,17H2,1-4H3. The van der Waals surface area contributed by atoms with E-state index in [2.05, 4.69) is 44.7 Å². The van der Waals surface area contributed by atoms with Gasteiger partial charge in [0.05, 0.1) is 6.54 Å². The minimum Gasteiger partial charge on any atom is -0.464 e. The van der Waals surface area contributed by atoms with Crippen molar-refractivity contribution in [2.75, 3.05) is 19.6 Å². The van der Waals surface area contributed by atoms with Crippen molar-refractivity contribution in [1.82, 2.24) is 4.90 Å². The zero-order valence-electron chi connectivity index (χ0n) is 12.8. The van der Waals surface area contributed by atoms with Crippen LogP contribution in [0.25, 0.3) is 0 Å². The minimum atomic E-state index is 0.163. The lowest BCUT2D eigenvalue weighted by Crippen LogP contribution is -2.38. The van der Waals surface area contributed by atoms with Gasteiger partial charge in [0.1, 0.15) is 11.5 Å². The van der Waals surface area contributed by atoms with Crippen LogP contribution in [-0.2, 0) is 6.54 Å². The summed E-state index contributed by atoms with van der Waals surface area (Å²) in [4.78, 5) is 2.41. The zero-order valence-corrected chi connectivity index (χ0v) is 12.8. The molecule has 1 heterocycles. The molecule has 0 spiro atoms. The van der Waals surface area contributed by atoms with Crippen molar-refractivity contribution in [2.45, 2.75) is 46.6 Å². The molecule has 1 aromatic heterocycles. The van der Waals surface area contributed by atoms with Crippen LogP contribution in [0.15, 0.2) is 16.5 Å². The van der Waals surface area contributed by atoms with Crippen LogP contribution < -0.4 is 5.73 Å². The quantitative estimate of drug-likeness (QED) is 0.822. The normalized spacial score (nSPS) is 23.1. The van der Waals surface area contributed by atoms with Gasteiger partial charge in [-0.25, -0.2) is 0 Å². The summed E-state index contributed by atoms with van der Waals surface area (Å²) in [6.45, 7) is 12.6. The first-order chi connectivity index (χ1) is 8.95. The van der Waals surface area contributed by atoms with Crippen molar-refractivity contribution in [1.29, 1.82) is 0 Å². The summed E-state index contributed by atoms with van der Waals surface area (Å²) in [5, 5.41) is 0. The van der Waals surface area contributed by atoms with E-state index in [0.29, 0.717) is 12.5 Å². The summed E-state index contributed by atoms with van der Waals surface area (Å²) in [6, 6.07) is 4.30. The van der Waals surface area contributed by atoms with Crippen molar-refractivity contribution < 1.29 is 4.42 Å². The molecule has 0 saturated heterocycles. The average molecular weight is 264 g/mol. The Morgan fingerprint density at radius 3 is 2.63 bits per heavy atom. The largest absolute Gasteiger partial charge is 0.464 e. The first-order valence-electron chi connectivity index (χ1n) is 7.46. The third-order valence-electron chi connectivity index (χ3n) is 4.19. The Balaban J connectivity index is 1.92. The maximum Gasteiger partial charge on any atom is 0.118 e. The molecule has 3 nitrogen and oxygen atoms in total. The Bertz CT molecular complexity index is 411. The SMILES string of the molecule is CCN(Cc1ccc(C2CC2C)o1)CC(C)(C)CN. The maximum atomic E-state index is 5.99. The molecule has 0 radical (unpaired) electrons. The second-order valence-electron chi connectivity index (χ2n) is 6.80. The molecule has 2 N–H and O–H groups in total. The van der Waals surface area contributed by atoms with Crippen LogP contribution in [0, 0.1) is 11.3 Å². The third-order valence-corrected chi connectivity index (χ3v) is 4.19. The number of nitrogens with zero attached hydrogens (tertiary/aromatic N) is 1.